The average Bonchev–Trinajstić information content (AvgIpc) is 2.73. The molecule has 0 saturated heterocycles. The molecule has 4 nitrogen and oxygen atoms in total. The summed E-state index contributed by atoms with van der Waals surface area (Å²) in [4.78, 5) is 10.9. The Morgan fingerprint density at radius 2 is 1.94 bits per heavy atom. The van der Waals surface area contributed by atoms with Gasteiger partial charge >= 0.3 is 0 Å². The van der Waals surface area contributed by atoms with Gasteiger partial charge in [-0.05, 0) is 18.6 Å². The van der Waals surface area contributed by atoms with Crippen molar-refractivity contribution in [2.24, 2.45) is 0 Å². The molecule has 1 aromatic carbocycles. The van der Waals surface area contributed by atoms with E-state index in [4.69, 9.17) is 34.8 Å². The molecule has 0 aliphatic rings. The van der Waals surface area contributed by atoms with Gasteiger partial charge in [0, 0.05) is 0 Å². The molecular weight excluding hydrogens is 296 g/mol. The average molecular weight is 305 g/mol. The molecule has 0 amide bonds. The van der Waals surface area contributed by atoms with Crippen LogP contribution in [0.4, 0.5) is 0 Å². The van der Waals surface area contributed by atoms with Crippen LogP contribution in [0.2, 0.25) is 0 Å². The summed E-state index contributed by atoms with van der Waals surface area (Å²) in [5.74, 6) is 0. The first-order valence-corrected chi connectivity index (χ1v) is 6.12. The highest BCUT2D eigenvalue weighted by atomic mass is 35.6. The second kappa shape index (κ2) is 4.88. The molecule has 0 aliphatic heterocycles. The van der Waals surface area contributed by atoms with Gasteiger partial charge in [0.25, 0.3) is 0 Å². The highest BCUT2D eigenvalue weighted by Crippen LogP contribution is 2.40. The molecule has 0 saturated carbocycles. The van der Waals surface area contributed by atoms with E-state index in [1.807, 2.05) is 25.1 Å². The number of carbonyl (C=O) groups excluding carboxylic acids is 1. The SMILES string of the molecule is Cc1ccccc1-n1nnc(C=O)c1C(Cl)(Cl)Cl. The first kappa shape index (κ1) is 13.3. The van der Waals surface area contributed by atoms with Gasteiger partial charge in [-0.15, -0.1) is 5.10 Å². The van der Waals surface area contributed by atoms with Gasteiger partial charge in [0.05, 0.1) is 5.69 Å². The fourth-order valence-electron chi connectivity index (χ4n) is 1.61. The normalized spacial score (nSPS) is 11.6. The zero-order chi connectivity index (χ0) is 13.3. The van der Waals surface area contributed by atoms with Gasteiger partial charge in [-0.2, -0.15) is 0 Å². The number of aromatic nitrogens is 3. The lowest BCUT2D eigenvalue weighted by molar-refractivity contribution is 0.111. The maximum absolute atomic E-state index is 10.9. The monoisotopic (exact) mass is 303 g/mol. The predicted octanol–water partition coefficient (Wildman–Crippen LogP) is 3.21. The number of carbonyl (C=O) groups is 1. The molecule has 0 atom stereocenters. The third-order valence-corrected chi connectivity index (χ3v) is 2.96. The fraction of sp³-hybridized carbons (Fsp3) is 0.182. The largest absolute Gasteiger partial charge is 0.296 e. The molecule has 2 aromatic rings. The highest BCUT2D eigenvalue weighted by molar-refractivity contribution is 6.66. The van der Waals surface area contributed by atoms with E-state index < -0.39 is 3.79 Å². The van der Waals surface area contributed by atoms with Crippen LogP contribution in [0, 0.1) is 6.92 Å². The van der Waals surface area contributed by atoms with Gasteiger partial charge in [0.2, 0.25) is 3.79 Å². The minimum absolute atomic E-state index is 0.0123. The number of rotatable bonds is 2. The number of para-hydroxylation sites is 1. The molecule has 0 fully saturated rings. The topological polar surface area (TPSA) is 47.8 Å². The van der Waals surface area contributed by atoms with Crippen molar-refractivity contribution >= 4 is 41.1 Å². The Balaban J connectivity index is 2.70. The van der Waals surface area contributed by atoms with Crippen LogP contribution in [0.15, 0.2) is 24.3 Å². The summed E-state index contributed by atoms with van der Waals surface area (Å²) < 4.78 is -0.409. The zero-order valence-corrected chi connectivity index (χ0v) is 11.5. The minimum atomic E-state index is -1.78. The van der Waals surface area contributed by atoms with Crippen molar-refractivity contribution in [2.45, 2.75) is 10.7 Å². The summed E-state index contributed by atoms with van der Waals surface area (Å²) in [6.07, 6.45) is 0.513. The van der Waals surface area contributed by atoms with E-state index in [1.54, 1.807) is 6.07 Å². The third kappa shape index (κ3) is 2.36. The highest BCUT2D eigenvalue weighted by Gasteiger charge is 2.33. The van der Waals surface area contributed by atoms with Crippen molar-refractivity contribution in [3.05, 3.63) is 41.2 Å². The van der Waals surface area contributed by atoms with E-state index >= 15 is 0 Å². The summed E-state index contributed by atoms with van der Waals surface area (Å²) in [6.45, 7) is 1.89. The van der Waals surface area contributed by atoms with Gasteiger partial charge in [0.15, 0.2) is 12.0 Å². The Hall–Kier alpha value is -1.10. The number of benzene rings is 1. The third-order valence-electron chi connectivity index (χ3n) is 2.42. The quantitative estimate of drug-likeness (QED) is 0.632. The number of aryl methyl sites for hydroxylation is 1. The Labute approximate surface area is 118 Å². The van der Waals surface area contributed by atoms with E-state index in [-0.39, 0.29) is 11.4 Å². The summed E-state index contributed by atoms with van der Waals surface area (Å²) in [7, 11) is 0. The van der Waals surface area contributed by atoms with Crippen molar-refractivity contribution in [2.75, 3.05) is 0 Å². The molecule has 18 heavy (non-hydrogen) atoms. The molecule has 1 heterocycles. The van der Waals surface area contributed by atoms with Crippen LogP contribution >= 0.6 is 34.8 Å². The first-order chi connectivity index (χ1) is 8.45. The molecule has 2 rings (SSSR count). The van der Waals surface area contributed by atoms with Crippen LogP contribution in [-0.2, 0) is 3.79 Å². The number of alkyl halides is 3. The number of hydrogen-bond acceptors (Lipinski definition) is 3. The number of halogens is 3. The molecule has 0 unspecified atom stereocenters. The zero-order valence-electron chi connectivity index (χ0n) is 9.27. The van der Waals surface area contributed by atoms with Crippen molar-refractivity contribution in [1.29, 1.82) is 0 Å². The van der Waals surface area contributed by atoms with E-state index in [1.165, 1.54) is 4.68 Å². The van der Waals surface area contributed by atoms with Crippen LogP contribution in [0.25, 0.3) is 5.69 Å². The predicted molar refractivity (Wildman–Crippen MR) is 70.7 cm³/mol. The van der Waals surface area contributed by atoms with Crippen molar-refractivity contribution in [3.8, 4) is 5.69 Å². The summed E-state index contributed by atoms with van der Waals surface area (Å²) >= 11 is 17.6. The molecule has 0 N–H and O–H groups in total. The van der Waals surface area contributed by atoms with E-state index in [9.17, 15) is 4.79 Å². The Kier molecular flexibility index (Phi) is 3.61. The Bertz CT molecular complexity index is 589. The molecule has 94 valence electrons. The smallest absolute Gasteiger partial charge is 0.235 e. The summed E-state index contributed by atoms with van der Waals surface area (Å²) in [5.41, 5.74) is 1.78. The molecule has 0 aliphatic carbocycles. The van der Waals surface area contributed by atoms with Gasteiger partial charge in [-0.3, -0.25) is 4.79 Å². The Morgan fingerprint density at radius 1 is 1.28 bits per heavy atom. The van der Waals surface area contributed by atoms with Gasteiger partial charge in [0.1, 0.15) is 5.69 Å². The molecule has 1 aromatic heterocycles. The maximum Gasteiger partial charge on any atom is 0.235 e. The number of nitrogens with zero attached hydrogens (tertiary/aromatic N) is 3. The van der Waals surface area contributed by atoms with Crippen molar-refractivity contribution in [3.63, 3.8) is 0 Å². The fourth-order valence-corrected chi connectivity index (χ4v) is 2.14. The van der Waals surface area contributed by atoms with Crippen LogP contribution in [0.1, 0.15) is 21.7 Å². The lowest BCUT2D eigenvalue weighted by atomic mass is 10.2. The summed E-state index contributed by atoms with van der Waals surface area (Å²) in [5, 5.41) is 7.58. The lowest BCUT2D eigenvalue weighted by Crippen LogP contribution is -2.13. The molecular formula is C11H8Cl3N3O. The van der Waals surface area contributed by atoms with Crippen molar-refractivity contribution in [1.82, 2.24) is 15.0 Å². The van der Waals surface area contributed by atoms with E-state index in [0.717, 1.165) is 5.56 Å². The van der Waals surface area contributed by atoms with Crippen LogP contribution in [0.5, 0.6) is 0 Å². The van der Waals surface area contributed by atoms with Gasteiger partial charge < -0.3 is 0 Å². The van der Waals surface area contributed by atoms with Crippen LogP contribution in [0.3, 0.4) is 0 Å². The second-order valence-corrected chi connectivity index (χ2v) is 5.92. The lowest BCUT2D eigenvalue weighted by Gasteiger charge is -2.14. The van der Waals surface area contributed by atoms with Crippen LogP contribution in [-0.4, -0.2) is 21.3 Å². The summed E-state index contributed by atoms with van der Waals surface area (Å²) in [6, 6.07) is 7.40. The van der Waals surface area contributed by atoms with Crippen LogP contribution < -0.4 is 0 Å². The van der Waals surface area contributed by atoms with E-state index in [0.29, 0.717) is 12.0 Å². The molecule has 7 heteroatoms. The van der Waals surface area contributed by atoms with Crippen molar-refractivity contribution < 1.29 is 4.79 Å². The minimum Gasteiger partial charge on any atom is -0.296 e. The van der Waals surface area contributed by atoms with Gasteiger partial charge in [-0.25, -0.2) is 4.68 Å². The first-order valence-electron chi connectivity index (χ1n) is 4.99. The number of aldehydes is 1. The van der Waals surface area contributed by atoms with E-state index in [2.05, 4.69) is 10.3 Å². The second-order valence-electron chi connectivity index (χ2n) is 3.64. The molecule has 0 spiro atoms. The Morgan fingerprint density at radius 3 is 2.50 bits per heavy atom. The maximum atomic E-state index is 10.9. The molecule has 0 bridgehead atoms. The number of hydrogen-bond donors (Lipinski definition) is 0. The molecule has 0 radical (unpaired) electrons. The van der Waals surface area contributed by atoms with Gasteiger partial charge in [-0.1, -0.05) is 58.2 Å². The standard InChI is InChI=1S/C11H8Cl3N3O/c1-7-4-2-3-5-9(7)17-10(11(12,13)14)8(6-18)15-16-17/h2-6H,1H3.